The van der Waals surface area contributed by atoms with Crippen LogP contribution in [0.25, 0.3) is 0 Å². The molecule has 41 heavy (non-hydrogen) atoms. The van der Waals surface area contributed by atoms with E-state index in [1.54, 1.807) is 6.92 Å². The summed E-state index contributed by atoms with van der Waals surface area (Å²) in [4.78, 5) is 27.7. The minimum atomic E-state index is -0.403. The van der Waals surface area contributed by atoms with Gasteiger partial charge in [-0.1, -0.05) is 57.5 Å². The van der Waals surface area contributed by atoms with Gasteiger partial charge in [0.15, 0.2) is 0 Å². The van der Waals surface area contributed by atoms with Crippen LogP contribution in [0, 0.1) is 46.3 Å². The lowest BCUT2D eigenvalue weighted by molar-refractivity contribution is -0.200. The Bertz CT molecular complexity index is 1240. The fraction of sp³-hybridized carbons (Fsp3) is 0.722. The molecule has 5 nitrogen and oxygen atoms in total. The maximum Gasteiger partial charge on any atom is 0.338 e. The minimum Gasteiger partial charge on any atom is -0.458 e. The molecule has 3 saturated carbocycles. The number of hydrogen-bond acceptors (Lipinski definition) is 4. The molecule has 5 heteroatoms. The van der Waals surface area contributed by atoms with Gasteiger partial charge in [0.05, 0.1) is 11.7 Å². The number of hydrogen-bond donors (Lipinski definition) is 0. The van der Waals surface area contributed by atoms with E-state index < -0.39 is 5.72 Å². The third-order valence-corrected chi connectivity index (χ3v) is 13.4. The number of piperidine rings is 1. The highest BCUT2D eigenvalue weighted by molar-refractivity contribution is 5.89. The largest absolute Gasteiger partial charge is 0.458 e. The molecule has 2 saturated heterocycles. The lowest BCUT2D eigenvalue weighted by atomic mass is 9.46. The second-order valence-electron chi connectivity index (χ2n) is 15.3. The van der Waals surface area contributed by atoms with E-state index in [0.717, 1.165) is 51.5 Å². The van der Waals surface area contributed by atoms with Gasteiger partial charge in [0, 0.05) is 25.8 Å². The number of carbonyl (C=O) groups is 2. The zero-order chi connectivity index (χ0) is 28.7. The molecule has 1 spiro atoms. The van der Waals surface area contributed by atoms with E-state index in [9.17, 15) is 9.59 Å². The molecule has 0 bridgehead atoms. The molecule has 0 N–H and O–H groups in total. The van der Waals surface area contributed by atoms with Crippen molar-refractivity contribution in [3.05, 3.63) is 47.5 Å². The Morgan fingerprint density at radius 1 is 1.00 bits per heavy atom. The van der Waals surface area contributed by atoms with E-state index in [2.05, 4.69) is 38.7 Å². The third kappa shape index (κ3) is 4.03. The topological polar surface area (TPSA) is 55.8 Å². The predicted molar refractivity (Wildman–Crippen MR) is 159 cm³/mol. The Kier molecular flexibility index (Phi) is 6.54. The zero-order valence-corrected chi connectivity index (χ0v) is 25.7. The average molecular weight is 560 g/mol. The van der Waals surface area contributed by atoms with Crippen molar-refractivity contribution in [2.45, 2.75) is 110 Å². The van der Waals surface area contributed by atoms with Gasteiger partial charge in [0.1, 0.15) is 11.8 Å². The number of fused-ring (bicyclic) bond motifs is 7. The molecule has 0 radical (unpaired) electrons. The van der Waals surface area contributed by atoms with Gasteiger partial charge in [-0.15, -0.1) is 0 Å². The van der Waals surface area contributed by atoms with E-state index in [1.165, 1.54) is 18.4 Å². The number of esters is 1. The van der Waals surface area contributed by atoms with Crippen LogP contribution < -0.4 is 0 Å². The Morgan fingerprint density at radius 2 is 1.78 bits per heavy atom. The van der Waals surface area contributed by atoms with E-state index in [0.29, 0.717) is 41.1 Å². The summed E-state index contributed by atoms with van der Waals surface area (Å²) in [6.07, 6.45) is 12.7. The summed E-state index contributed by atoms with van der Waals surface area (Å²) >= 11 is 0. The van der Waals surface area contributed by atoms with Crippen molar-refractivity contribution >= 4 is 11.9 Å². The lowest BCUT2D eigenvalue weighted by Crippen LogP contribution is -2.60. The van der Waals surface area contributed by atoms with Crippen LogP contribution in [0.15, 0.2) is 42.0 Å². The smallest absolute Gasteiger partial charge is 0.338 e. The molecule has 4 aliphatic carbocycles. The van der Waals surface area contributed by atoms with Crippen LogP contribution in [0.4, 0.5) is 0 Å². The molecule has 6 aliphatic rings. The van der Waals surface area contributed by atoms with Crippen LogP contribution in [0.1, 0.15) is 103 Å². The summed E-state index contributed by atoms with van der Waals surface area (Å²) in [7, 11) is 0. The van der Waals surface area contributed by atoms with E-state index >= 15 is 0 Å². The summed E-state index contributed by atoms with van der Waals surface area (Å²) in [5, 5.41) is 0. The molecule has 9 unspecified atom stereocenters. The molecule has 2 aliphatic heterocycles. The zero-order valence-electron chi connectivity index (χ0n) is 25.7. The molecule has 11 atom stereocenters. The van der Waals surface area contributed by atoms with Gasteiger partial charge in [-0.25, -0.2) is 4.79 Å². The molecule has 222 valence electrons. The Labute approximate surface area is 246 Å². The summed E-state index contributed by atoms with van der Waals surface area (Å²) in [6, 6.07) is 9.41. The molecule has 1 aromatic carbocycles. The third-order valence-electron chi connectivity index (χ3n) is 13.4. The average Bonchev–Trinajstić information content (AvgIpc) is 3.40. The number of amides is 1. The molecular weight excluding hydrogens is 510 g/mol. The van der Waals surface area contributed by atoms with Crippen molar-refractivity contribution in [2.75, 3.05) is 6.54 Å². The molecule has 7 rings (SSSR count). The molecule has 5 fully saturated rings. The van der Waals surface area contributed by atoms with Crippen LogP contribution in [-0.2, 0) is 14.3 Å². The SMILES string of the molecule is CC(=O)N1CC(C)CCC12OC1CC3C4CC=C5CC(OC(=O)c6ccccc6)CC[C@]5(C)C4CC[C@]3(C)C1C2C. The van der Waals surface area contributed by atoms with Gasteiger partial charge in [-0.2, -0.15) is 0 Å². The first-order valence-electron chi connectivity index (χ1n) is 16.5. The number of allylic oxidation sites excluding steroid dienone is 1. The Morgan fingerprint density at radius 3 is 2.54 bits per heavy atom. The molecule has 1 amide bonds. The molecule has 1 aromatic rings. The molecule has 2 heterocycles. The summed E-state index contributed by atoms with van der Waals surface area (Å²) in [6.45, 7) is 12.4. The predicted octanol–water partition coefficient (Wildman–Crippen LogP) is 7.41. The number of benzene rings is 1. The molecular formula is C36H49NO4. The number of rotatable bonds is 2. The monoisotopic (exact) mass is 559 g/mol. The van der Waals surface area contributed by atoms with Gasteiger partial charge in [0.2, 0.25) is 5.91 Å². The van der Waals surface area contributed by atoms with Gasteiger partial charge >= 0.3 is 5.97 Å². The Balaban J connectivity index is 1.09. The first-order chi connectivity index (χ1) is 19.6. The van der Waals surface area contributed by atoms with Crippen molar-refractivity contribution in [3.63, 3.8) is 0 Å². The van der Waals surface area contributed by atoms with Gasteiger partial charge < -0.3 is 14.4 Å². The highest BCUT2D eigenvalue weighted by Crippen LogP contribution is 2.70. The van der Waals surface area contributed by atoms with Crippen molar-refractivity contribution < 1.29 is 19.1 Å². The highest BCUT2D eigenvalue weighted by atomic mass is 16.5. The first-order valence-corrected chi connectivity index (χ1v) is 16.5. The lowest BCUT2D eigenvalue weighted by Gasteiger charge is -2.59. The van der Waals surface area contributed by atoms with Crippen molar-refractivity contribution in [1.29, 1.82) is 0 Å². The highest BCUT2D eigenvalue weighted by Gasteiger charge is 2.69. The fourth-order valence-corrected chi connectivity index (χ4v) is 11.4. The second kappa shape index (κ2) is 9.69. The van der Waals surface area contributed by atoms with Crippen molar-refractivity contribution in [2.24, 2.45) is 46.3 Å². The normalized spacial score (nSPS) is 46.7. The van der Waals surface area contributed by atoms with Crippen LogP contribution in [0.3, 0.4) is 0 Å². The number of nitrogens with zero attached hydrogens (tertiary/aromatic N) is 1. The summed E-state index contributed by atoms with van der Waals surface area (Å²) in [5.41, 5.74) is 2.25. The maximum atomic E-state index is 12.9. The van der Waals surface area contributed by atoms with Gasteiger partial charge in [-0.3, -0.25) is 4.79 Å². The van der Waals surface area contributed by atoms with Crippen LogP contribution in [-0.4, -0.2) is 41.3 Å². The van der Waals surface area contributed by atoms with Crippen LogP contribution >= 0.6 is 0 Å². The fourth-order valence-electron chi connectivity index (χ4n) is 11.4. The minimum absolute atomic E-state index is 0.0221. The standard InChI is InChI=1S/C36H49NO4/c1-22-13-18-36(37(21-22)24(3)38)23(2)32-31(41-36)20-30-28-12-11-26-19-27(40-33(39)25-9-7-6-8-10-25)14-16-34(26,4)29(28)15-17-35(30,32)5/h6-11,22-23,27-32H,12-21H2,1-5H3/t22?,23?,27?,28?,29?,30?,31?,32?,34-,35-,36?/m0/s1. The van der Waals surface area contributed by atoms with E-state index in [4.69, 9.17) is 9.47 Å². The summed E-state index contributed by atoms with van der Waals surface area (Å²) < 4.78 is 13.2. The molecule has 0 aromatic heterocycles. The van der Waals surface area contributed by atoms with Crippen molar-refractivity contribution in [3.8, 4) is 0 Å². The van der Waals surface area contributed by atoms with Crippen LogP contribution in [0.2, 0.25) is 0 Å². The maximum absolute atomic E-state index is 12.9. The van der Waals surface area contributed by atoms with Gasteiger partial charge in [-0.05, 0) is 104 Å². The first kappa shape index (κ1) is 27.7. The van der Waals surface area contributed by atoms with Crippen LogP contribution in [0.5, 0.6) is 0 Å². The van der Waals surface area contributed by atoms with E-state index in [1.807, 2.05) is 30.3 Å². The quantitative estimate of drug-likeness (QED) is 0.280. The Hall–Kier alpha value is -2.14. The number of likely N-dealkylation sites (tertiary alicyclic amines) is 1. The second-order valence-corrected chi connectivity index (χ2v) is 15.3. The number of carbonyl (C=O) groups excluding carboxylic acids is 2. The van der Waals surface area contributed by atoms with Crippen molar-refractivity contribution in [1.82, 2.24) is 4.90 Å². The summed E-state index contributed by atoms with van der Waals surface area (Å²) in [5.74, 6) is 3.48. The van der Waals surface area contributed by atoms with E-state index in [-0.39, 0.29) is 34.9 Å². The number of ether oxygens (including phenoxy) is 2. The van der Waals surface area contributed by atoms with Gasteiger partial charge in [0.25, 0.3) is 0 Å².